The van der Waals surface area contributed by atoms with Gasteiger partial charge in [-0.05, 0) is 50.9 Å². The summed E-state index contributed by atoms with van der Waals surface area (Å²) in [6, 6.07) is 5.72. The van der Waals surface area contributed by atoms with Gasteiger partial charge in [-0.15, -0.1) is 12.4 Å². The molecular formula is C15H24ClN3O4S2. The van der Waals surface area contributed by atoms with Gasteiger partial charge in [0.2, 0.25) is 20.0 Å². The maximum absolute atomic E-state index is 12.8. The van der Waals surface area contributed by atoms with Crippen LogP contribution in [-0.4, -0.2) is 53.4 Å². The van der Waals surface area contributed by atoms with Crippen LogP contribution in [-0.2, 0) is 20.0 Å². The standard InChI is InChI=1S/C15H23N3O4S2.ClH/c1-16-13-4-3-9-18(11-13)24(21,22)15-6-2-5-14(10-15)23(19,20)17-12-7-8-12;/h2,5-6,10,12-13,16-17H,3-4,7-9,11H2,1H3;1H. The van der Waals surface area contributed by atoms with Gasteiger partial charge in [-0.3, -0.25) is 0 Å². The van der Waals surface area contributed by atoms with Gasteiger partial charge in [-0.2, -0.15) is 4.31 Å². The monoisotopic (exact) mass is 409 g/mol. The number of rotatable bonds is 6. The quantitative estimate of drug-likeness (QED) is 0.728. The molecule has 1 aromatic carbocycles. The van der Waals surface area contributed by atoms with Crippen molar-refractivity contribution in [3.05, 3.63) is 24.3 Å². The molecule has 1 unspecified atom stereocenters. The van der Waals surface area contributed by atoms with Gasteiger partial charge in [0.15, 0.2) is 0 Å². The average Bonchev–Trinajstić information content (AvgIpc) is 3.38. The van der Waals surface area contributed by atoms with Crippen LogP contribution < -0.4 is 10.0 Å². The zero-order valence-corrected chi connectivity index (χ0v) is 16.5. The number of sulfonamides is 2. The van der Waals surface area contributed by atoms with Crippen LogP contribution >= 0.6 is 12.4 Å². The van der Waals surface area contributed by atoms with Crippen LogP contribution in [0.25, 0.3) is 0 Å². The van der Waals surface area contributed by atoms with Crippen LogP contribution in [0.2, 0.25) is 0 Å². The highest BCUT2D eigenvalue weighted by Gasteiger charge is 2.32. The van der Waals surface area contributed by atoms with Crippen LogP contribution in [0.5, 0.6) is 0 Å². The third kappa shape index (κ3) is 4.72. The van der Waals surface area contributed by atoms with Crippen molar-refractivity contribution < 1.29 is 16.8 Å². The van der Waals surface area contributed by atoms with E-state index in [1.165, 1.54) is 28.6 Å². The van der Waals surface area contributed by atoms with Crippen molar-refractivity contribution >= 4 is 32.5 Å². The van der Waals surface area contributed by atoms with Crippen molar-refractivity contribution in [3.8, 4) is 0 Å². The number of hydrogen-bond donors (Lipinski definition) is 2. The Morgan fingerprint density at radius 2 is 1.72 bits per heavy atom. The number of piperidine rings is 1. The SMILES string of the molecule is CNC1CCCN(S(=O)(=O)c2cccc(S(=O)(=O)NC3CC3)c2)C1.Cl. The summed E-state index contributed by atoms with van der Waals surface area (Å²) >= 11 is 0. The van der Waals surface area contributed by atoms with Gasteiger partial charge < -0.3 is 5.32 Å². The molecule has 2 aliphatic rings. The summed E-state index contributed by atoms with van der Waals surface area (Å²) in [4.78, 5) is 0.0237. The first-order valence-corrected chi connectivity index (χ1v) is 11.0. The van der Waals surface area contributed by atoms with Gasteiger partial charge in [0.05, 0.1) is 9.79 Å². The maximum atomic E-state index is 12.8. The summed E-state index contributed by atoms with van der Waals surface area (Å²) < 4.78 is 54.3. The van der Waals surface area contributed by atoms with E-state index in [2.05, 4.69) is 10.0 Å². The first kappa shape index (κ1) is 20.6. The Balaban J connectivity index is 0.00000225. The molecule has 3 rings (SSSR count). The van der Waals surface area contributed by atoms with Gasteiger partial charge in [0, 0.05) is 25.2 Å². The van der Waals surface area contributed by atoms with Crippen LogP contribution in [0, 0.1) is 0 Å². The molecule has 1 atom stereocenters. The molecule has 2 fully saturated rings. The Morgan fingerprint density at radius 3 is 2.36 bits per heavy atom. The predicted molar refractivity (Wildman–Crippen MR) is 97.9 cm³/mol. The summed E-state index contributed by atoms with van der Waals surface area (Å²) in [6.45, 7) is 0.855. The van der Waals surface area contributed by atoms with Crippen molar-refractivity contribution in [2.24, 2.45) is 0 Å². The zero-order chi connectivity index (χ0) is 17.4. The van der Waals surface area contributed by atoms with E-state index in [9.17, 15) is 16.8 Å². The lowest BCUT2D eigenvalue weighted by molar-refractivity contribution is 0.293. The molecule has 10 heteroatoms. The molecule has 1 aromatic rings. The van der Waals surface area contributed by atoms with E-state index in [0.717, 1.165) is 25.7 Å². The van der Waals surface area contributed by atoms with Gasteiger partial charge in [-0.1, -0.05) is 6.07 Å². The Bertz CT molecular complexity index is 810. The van der Waals surface area contributed by atoms with E-state index in [0.29, 0.717) is 13.1 Å². The lowest BCUT2D eigenvalue weighted by atomic mass is 10.1. The molecular weight excluding hydrogens is 386 g/mol. The maximum Gasteiger partial charge on any atom is 0.243 e. The fourth-order valence-corrected chi connectivity index (χ4v) is 5.83. The fraction of sp³-hybridized carbons (Fsp3) is 0.600. The molecule has 1 aliphatic heterocycles. The molecule has 1 heterocycles. The summed E-state index contributed by atoms with van der Waals surface area (Å²) in [6.07, 6.45) is 3.38. The van der Waals surface area contributed by atoms with E-state index in [4.69, 9.17) is 0 Å². The lowest BCUT2D eigenvalue weighted by Crippen LogP contribution is -2.46. The Morgan fingerprint density at radius 1 is 1.04 bits per heavy atom. The largest absolute Gasteiger partial charge is 0.316 e. The van der Waals surface area contributed by atoms with Crippen molar-refractivity contribution in [1.82, 2.24) is 14.3 Å². The second-order valence-electron chi connectivity index (χ2n) is 6.36. The molecule has 0 radical (unpaired) electrons. The minimum Gasteiger partial charge on any atom is -0.316 e. The molecule has 1 saturated heterocycles. The van der Waals surface area contributed by atoms with E-state index in [-0.39, 0.29) is 34.3 Å². The summed E-state index contributed by atoms with van der Waals surface area (Å²) in [5, 5.41) is 3.11. The molecule has 1 saturated carbocycles. The van der Waals surface area contributed by atoms with Gasteiger partial charge >= 0.3 is 0 Å². The molecule has 2 N–H and O–H groups in total. The number of nitrogens with one attached hydrogen (secondary N) is 2. The molecule has 7 nitrogen and oxygen atoms in total. The van der Waals surface area contributed by atoms with E-state index in [1.54, 1.807) is 0 Å². The predicted octanol–water partition coefficient (Wildman–Crippen LogP) is 0.922. The van der Waals surface area contributed by atoms with E-state index >= 15 is 0 Å². The third-order valence-electron chi connectivity index (χ3n) is 4.45. The Hall–Kier alpha value is -0.710. The van der Waals surface area contributed by atoms with Crippen LogP contribution in [0.4, 0.5) is 0 Å². The summed E-state index contributed by atoms with van der Waals surface area (Å²) in [5.41, 5.74) is 0. The third-order valence-corrected chi connectivity index (χ3v) is 7.82. The highest BCUT2D eigenvalue weighted by molar-refractivity contribution is 7.90. The van der Waals surface area contributed by atoms with Crippen LogP contribution in [0.3, 0.4) is 0 Å². The number of nitrogens with zero attached hydrogens (tertiary/aromatic N) is 1. The van der Waals surface area contributed by atoms with Crippen molar-refractivity contribution in [2.45, 2.75) is 47.6 Å². The number of likely N-dealkylation sites (N-methyl/N-ethyl adjacent to an activating group) is 1. The smallest absolute Gasteiger partial charge is 0.243 e. The number of benzene rings is 1. The van der Waals surface area contributed by atoms with Crippen LogP contribution in [0.15, 0.2) is 34.1 Å². The number of halogens is 1. The molecule has 1 aliphatic carbocycles. The molecule has 0 spiro atoms. The Kier molecular flexibility index (Phi) is 6.50. The summed E-state index contributed by atoms with van der Waals surface area (Å²) in [7, 11) is -5.55. The van der Waals surface area contributed by atoms with Gasteiger partial charge in [0.1, 0.15) is 0 Å². The highest BCUT2D eigenvalue weighted by atomic mass is 35.5. The van der Waals surface area contributed by atoms with Crippen molar-refractivity contribution in [3.63, 3.8) is 0 Å². The lowest BCUT2D eigenvalue weighted by Gasteiger charge is -2.31. The minimum absolute atomic E-state index is 0. The second-order valence-corrected chi connectivity index (χ2v) is 10.0. The second kappa shape index (κ2) is 7.89. The Labute approximate surface area is 155 Å². The minimum atomic E-state index is -3.70. The average molecular weight is 410 g/mol. The first-order valence-electron chi connectivity index (χ1n) is 8.13. The highest BCUT2D eigenvalue weighted by Crippen LogP contribution is 2.25. The molecule has 25 heavy (non-hydrogen) atoms. The summed E-state index contributed by atoms with van der Waals surface area (Å²) in [5.74, 6) is 0. The van der Waals surface area contributed by atoms with Gasteiger partial charge in [-0.25, -0.2) is 21.6 Å². The normalized spacial score (nSPS) is 22.4. The van der Waals surface area contributed by atoms with E-state index in [1.807, 2.05) is 7.05 Å². The van der Waals surface area contributed by atoms with Crippen LogP contribution in [0.1, 0.15) is 25.7 Å². The molecule has 142 valence electrons. The van der Waals surface area contributed by atoms with Gasteiger partial charge in [0.25, 0.3) is 0 Å². The molecule has 0 aromatic heterocycles. The molecule has 0 amide bonds. The van der Waals surface area contributed by atoms with Crippen molar-refractivity contribution in [2.75, 3.05) is 20.1 Å². The molecule has 0 bridgehead atoms. The topological polar surface area (TPSA) is 95.6 Å². The number of hydrogen-bond acceptors (Lipinski definition) is 5. The van der Waals surface area contributed by atoms with Crippen molar-refractivity contribution in [1.29, 1.82) is 0 Å². The fourth-order valence-electron chi connectivity index (χ4n) is 2.84. The zero-order valence-electron chi connectivity index (χ0n) is 14.0. The first-order chi connectivity index (χ1) is 11.3. The van der Waals surface area contributed by atoms with E-state index < -0.39 is 20.0 Å².